The fourth-order valence-corrected chi connectivity index (χ4v) is 4.05. The number of halogens is 1. The van der Waals surface area contributed by atoms with E-state index < -0.39 is 11.6 Å². The number of nitrogens with zero attached hydrogens (tertiary/aromatic N) is 2. The first kappa shape index (κ1) is 21.7. The number of esters is 1. The lowest BCUT2D eigenvalue weighted by Crippen LogP contribution is -2.15. The van der Waals surface area contributed by atoms with Crippen LogP contribution >= 0.6 is 11.6 Å². The van der Waals surface area contributed by atoms with Crippen LogP contribution in [-0.4, -0.2) is 20.6 Å². The van der Waals surface area contributed by atoms with E-state index in [1.54, 1.807) is 12.1 Å². The van der Waals surface area contributed by atoms with Crippen molar-refractivity contribution in [2.24, 2.45) is 0 Å². The largest absolute Gasteiger partial charge is 0.456 e. The van der Waals surface area contributed by atoms with E-state index in [1.165, 1.54) is 22.7 Å². The van der Waals surface area contributed by atoms with Gasteiger partial charge in [-0.05, 0) is 24.1 Å². The number of aromatic amines is 1. The molecule has 0 aliphatic rings. The summed E-state index contributed by atoms with van der Waals surface area (Å²) in [4.78, 5) is 41.7. The molecular weight excluding hydrogens is 458 g/mol. The number of aromatic nitrogens is 3. The summed E-state index contributed by atoms with van der Waals surface area (Å²) >= 11 is 6.32. The Morgan fingerprint density at radius 2 is 1.88 bits per heavy atom. The number of carbonyl (C=O) groups excluding carboxylic acids is 1. The molecule has 0 amide bonds. The van der Waals surface area contributed by atoms with Crippen molar-refractivity contribution in [3.05, 3.63) is 103 Å². The Morgan fingerprint density at radius 1 is 1.09 bits per heavy atom. The van der Waals surface area contributed by atoms with Crippen molar-refractivity contribution in [2.45, 2.75) is 20.0 Å². The number of fused-ring (bicyclic) bond motifs is 2. The van der Waals surface area contributed by atoms with Crippen molar-refractivity contribution in [1.29, 1.82) is 0 Å². The molecule has 0 radical (unpaired) electrons. The summed E-state index contributed by atoms with van der Waals surface area (Å²) in [6.07, 6.45) is 0.678. The second-order valence-corrected chi connectivity index (χ2v) is 8.08. The highest BCUT2D eigenvalue weighted by molar-refractivity contribution is 6.32. The maximum Gasteiger partial charge on any atom is 0.356 e. The van der Waals surface area contributed by atoms with Crippen molar-refractivity contribution in [1.82, 2.24) is 14.6 Å². The van der Waals surface area contributed by atoms with Gasteiger partial charge in [0.05, 0.1) is 5.69 Å². The molecule has 170 valence electrons. The van der Waals surface area contributed by atoms with Gasteiger partial charge in [-0.1, -0.05) is 48.9 Å². The van der Waals surface area contributed by atoms with E-state index in [-0.39, 0.29) is 23.5 Å². The first-order valence-electron chi connectivity index (χ1n) is 10.5. The van der Waals surface area contributed by atoms with Gasteiger partial charge in [-0.15, -0.1) is 0 Å². The Kier molecular flexibility index (Phi) is 5.51. The molecule has 0 aliphatic carbocycles. The molecule has 5 aromatic rings. The number of hydrogen-bond acceptors (Lipinski definition) is 6. The summed E-state index contributed by atoms with van der Waals surface area (Å²) in [7, 11) is 0. The monoisotopic (exact) mass is 475 g/mol. The minimum Gasteiger partial charge on any atom is -0.456 e. The molecular formula is C25H18ClN3O5. The number of H-pyrrole nitrogens is 1. The zero-order valence-corrected chi connectivity index (χ0v) is 18.8. The molecule has 0 fully saturated rings. The maximum atomic E-state index is 12.7. The first-order valence-corrected chi connectivity index (χ1v) is 10.9. The molecule has 0 unspecified atom stereocenters. The number of hydrogen-bond donors (Lipinski definition) is 1. The fraction of sp³-hybridized carbons (Fsp3) is 0.120. The van der Waals surface area contributed by atoms with Gasteiger partial charge < -0.3 is 9.15 Å². The van der Waals surface area contributed by atoms with Crippen LogP contribution in [0.5, 0.6) is 0 Å². The number of rotatable bonds is 5. The third-order valence-electron chi connectivity index (χ3n) is 5.48. The van der Waals surface area contributed by atoms with Gasteiger partial charge in [-0.3, -0.25) is 9.89 Å². The summed E-state index contributed by atoms with van der Waals surface area (Å²) in [5.41, 5.74) is 2.36. The lowest BCUT2D eigenvalue weighted by molar-refractivity contribution is 0.0466. The molecule has 2 aromatic carbocycles. The average molecular weight is 476 g/mol. The van der Waals surface area contributed by atoms with Gasteiger partial charge in [0.15, 0.2) is 5.65 Å². The fourth-order valence-electron chi connectivity index (χ4n) is 3.75. The molecule has 3 heterocycles. The van der Waals surface area contributed by atoms with E-state index in [0.29, 0.717) is 33.7 Å². The van der Waals surface area contributed by atoms with E-state index >= 15 is 0 Å². The highest BCUT2D eigenvalue weighted by Gasteiger charge is 2.16. The molecule has 0 aliphatic heterocycles. The first-order chi connectivity index (χ1) is 16.4. The van der Waals surface area contributed by atoms with Crippen LogP contribution in [-0.2, 0) is 17.8 Å². The van der Waals surface area contributed by atoms with Crippen LogP contribution < -0.4 is 11.2 Å². The smallest absolute Gasteiger partial charge is 0.356 e. The van der Waals surface area contributed by atoms with Crippen LogP contribution in [0.3, 0.4) is 0 Å². The standard InChI is InChI=1S/C25H18ClN3O5/c1-2-14-8-21-17(10-18(14)26)16(9-24(31)34-21)13-33-25(32)20-11-22-27-19(12-23(30)29(22)28-20)15-6-4-3-5-7-15/h3-12,28H,2,13H2,1H3. The second-order valence-electron chi connectivity index (χ2n) is 7.67. The highest BCUT2D eigenvalue weighted by atomic mass is 35.5. The minimum atomic E-state index is -0.705. The molecule has 0 atom stereocenters. The van der Waals surface area contributed by atoms with E-state index in [2.05, 4.69) is 10.1 Å². The topological polar surface area (TPSA) is 107 Å². The predicted octanol–water partition coefficient (Wildman–Crippen LogP) is 4.37. The van der Waals surface area contributed by atoms with Crippen molar-refractivity contribution < 1.29 is 13.9 Å². The molecule has 0 bridgehead atoms. The minimum absolute atomic E-state index is 0.0494. The van der Waals surface area contributed by atoms with Crippen molar-refractivity contribution in [2.75, 3.05) is 0 Å². The number of carbonyl (C=O) groups is 1. The van der Waals surface area contributed by atoms with E-state index in [4.69, 9.17) is 20.8 Å². The molecule has 8 nitrogen and oxygen atoms in total. The number of aryl methyl sites for hydroxylation is 1. The SMILES string of the molecule is CCc1cc2oc(=O)cc(COC(=O)c3cc4nc(-c5ccccc5)cc(=O)n4[nH]3)c2cc1Cl. The van der Waals surface area contributed by atoms with Crippen molar-refractivity contribution >= 4 is 34.2 Å². The highest BCUT2D eigenvalue weighted by Crippen LogP contribution is 2.26. The Morgan fingerprint density at radius 3 is 2.65 bits per heavy atom. The summed E-state index contributed by atoms with van der Waals surface area (Å²) in [6, 6.07) is 16.8. The van der Waals surface area contributed by atoms with E-state index in [1.807, 2.05) is 37.3 Å². The maximum absolute atomic E-state index is 12.7. The van der Waals surface area contributed by atoms with Crippen LogP contribution in [0.4, 0.5) is 0 Å². The molecule has 1 N–H and O–H groups in total. The van der Waals surface area contributed by atoms with Gasteiger partial charge in [0.1, 0.15) is 17.9 Å². The Balaban J connectivity index is 1.44. The van der Waals surface area contributed by atoms with Crippen LogP contribution in [0.25, 0.3) is 27.9 Å². The predicted molar refractivity (Wildman–Crippen MR) is 127 cm³/mol. The van der Waals surface area contributed by atoms with Gasteiger partial charge in [0.2, 0.25) is 0 Å². The normalized spacial score (nSPS) is 11.2. The molecule has 5 rings (SSSR count). The van der Waals surface area contributed by atoms with Crippen LogP contribution in [0.15, 0.2) is 74.7 Å². The zero-order valence-electron chi connectivity index (χ0n) is 18.0. The Bertz CT molecular complexity index is 1670. The van der Waals surface area contributed by atoms with E-state index in [9.17, 15) is 14.4 Å². The molecule has 0 spiro atoms. The lowest BCUT2D eigenvalue weighted by atomic mass is 10.1. The number of nitrogens with one attached hydrogen (secondary N) is 1. The molecule has 0 saturated carbocycles. The summed E-state index contributed by atoms with van der Waals surface area (Å²) in [5.74, 6) is -0.705. The summed E-state index contributed by atoms with van der Waals surface area (Å²) in [6.45, 7) is 1.76. The van der Waals surface area contributed by atoms with Crippen LogP contribution in [0, 0.1) is 0 Å². The lowest BCUT2D eigenvalue weighted by Gasteiger charge is -2.09. The number of benzene rings is 2. The second kappa shape index (κ2) is 8.64. The van der Waals surface area contributed by atoms with Crippen molar-refractivity contribution in [3.8, 4) is 11.3 Å². The molecule has 0 saturated heterocycles. The van der Waals surface area contributed by atoms with Crippen LogP contribution in [0.2, 0.25) is 5.02 Å². The van der Waals surface area contributed by atoms with Gasteiger partial charge in [-0.2, -0.15) is 0 Å². The zero-order chi connectivity index (χ0) is 23.8. The Hall–Kier alpha value is -4.17. The molecule has 34 heavy (non-hydrogen) atoms. The van der Waals surface area contributed by atoms with Gasteiger partial charge in [0, 0.05) is 39.7 Å². The van der Waals surface area contributed by atoms with Crippen molar-refractivity contribution in [3.63, 3.8) is 0 Å². The average Bonchev–Trinajstić information content (AvgIpc) is 3.28. The number of ether oxygens (including phenoxy) is 1. The van der Waals surface area contributed by atoms with Gasteiger partial charge in [-0.25, -0.2) is 19.1 Å². The van der Waals surface area contributed by atoms with E-state index in [0.717, 1.165) is 11.1 Å². The summed E-state index contributed by atoms with van der Waals surface area (Å²) in [5, 5.41) is 3.83. The summed E-state index contributed by atoms with van der Waals surface area (Å²) < 4.78 is 11.9. The molecule has 3 aromatic heterocycles. The Labute approximate surface area is 197 Å². The third-order valence-corrected chi connectivity index (χ3v) is 5.83. The van der Waals surface area contributed by atoms with Crippen LogP contribution in [0.1, 0.15) is 28.5 Å². The quantitative estimate of drug-likeness (QED) is 0.299. The third kappa shape index (κ3) is 3.99. The molecule has 9 heteroatoms. The van der Waals surface area contributed by atoms with Gasteiger partial charge >= 0.3 is 11.6 Å². The van der Waals surface area contributed by atoms with Gasteiger partial charge in [0.25, 0.3) is 5.56 Å².